The first-order valence-electron chi connectivity index (χ1n) is 9.17. The molecule has 0 bridgehead atoms. The van der Waals surface area contributed by atoms with Crippen LogP contribution in [0.3, 0.4) is 0 Å². The van der Waals surface area contributed by atoms with Crippen molar-refractivity contribution in [3.63, 3.8) is 0 Å². The molecule has 0 saturated heterocycles. The number of hydrogen-bond acceptors (Lipinski definition) is 3. The molecule has 0 saturated carbocycles. The highest BCUT2D eigenvalue weighted by Crippen LogP contribution is 2.29. The van der Waals surface area contributed by atoms with Gasteiger partial charge in [0.2, 0.25) is 5.91 Å². The number of fused-ring (bicyclic) bond motifs is 1. The molecular formula is C20H22F4N2O2Si. The van der Waals surface area contributed by atoms with Gasteiger partial charge in [-0.15, -0.1) is 0 Å². The van der Waals surface area contributed by atoms with E-state index < -0.39 is 38.3 Å². The second-order valence-corrected chi connectivity index (χ2v) is 12.9. The molecule has 0 unspecified atom stereocenters. The van der Waals surface area contributed by atoms with Crippen LogP contribution in [0.4, 0.5) is 23.2 Å². The number of rotatable bonds is 5. The highest BCUT2D eigenvalue weighted by atomic mass is 28.3. The summed E-state index contributed by atoms with van der Waals surface area (Å²) in [5, 5.41) is 5.67. The van der Waals surface area contributed by atoms with Gasteiger partial charge in [0, 0.05) is 17.4 Å². The number of ether oxygens (including phenoxy) is 1. The van der Waals surface area contributed by atoms with Gasteiger partial charge in [-0.05, 0) is 41.8 Å². The van der Waals surface area contributed by atoms with Gasteiger partial charge in [0.05, 0.1) is 8.07 Å². The van der Waals surface area contributed by atoms with E-state index in [1.165, 1.54) is 12.1 Å². The Labute approximate surface area is 167 Å². The molecule has 3 rings (SSSR count). The Morgan fingerprint density at radius 2 is 1.83 bits per heavy atom. The summed E-state index contributed by atoms with van der Waals surface area (Å²) in [5.41, 5.74) is 1.34. The monoisotopic (exact) mass is 426 g/mol. The summed E-state index contributed by atoms with van der Waals surface area (Å²) in [4.78, 5) is 12.7. The first-order valence-corrected chi connectivity index (χ1v) is 12.7. The fourth-order valence-electron chi connectivity index (χ4n) is 3.53. The SMILES string of the molecule is C[Si](C)(C)c1c(F)cc(NC(=O)[C@@H]2NCCc3cc(OC(F)F)ccc32)cc1F. The highest BCUT2D eigenvalue weighted by Gasteiger charge is 2.29. The van der Waals surface area contributed by atoms with Gasteiger partial charge in [-0.1, -0.05) is 25.7 Å². The van der Waals surface area contributed by atoms with E-state index in [-0.39, 0.29) is 16.6 Å². The maximum absolute atomic E-state index is 14.4. The van der Waals surface area contributed by atoms with Crippen molar-refractivity contribution in [1.29, 1.82) is 0 Å². The fraction of sp³-hybridized carbons (Fsp3) is 0.350. The third kappa shape index (κ3) is 4.79. The lowest BCUT2D eigenvalue weighted by molar-refractivity contribution is -0.118. The molecule has 1 aliphatic heterocycles. The van der Waals surface area contributed by atoms with E-state index >= 15 is 0 Å². The first kappa shape index (κ1) is 21.3. The molecular weight excluding hydrogens is 404 g/mol. The van der Waals surface area contributed by atoms with Gasteiger partial charge in [0.1, 0.15) is 23.4 Å². The molecule has 156 valence electrons. The van der Waals surface area contributed by atoms with Gasteiger partial charge in [-0.3, -0.25) is 4.79 Å². The fourth-order valence-corrected chi connectivity index (χ4v) is 5.11. The van der Waals surface area contributed by atoms with Crippen molar-refractivity contribution in [2.45, 2.75) is 38.7 Å². The standard InChI is InChI=1S/C20H22F4N2O2Si/c1-29(2,3)18-15(21)9-12(10-16(18)22)26-19(27)17-14-5-4-13(28-20(23)24)8-11(14)6-7-25-17/h4-5,8-10,17,20,25H,6-7H2,1-3H3,(H,26,27)/t17-/m1/s1. The largest absolute Gasteiger partial charge is 0.435 e. The van der Waals surface area contributed by atoms with Crippen LogP contribution in [0.15, 0.2) is 30.3 Å². The first-order chi connectivity index (χ1) is 13.6. The summed E-state index contributed by atoms with van der Waals surface area (Å²) in [7, 11) is -2.22. The van der Waals surface area contributed by atoms with Crippen LogP contribution in [0, 0.1) is 11.6 Å². The Balaban J connectivity index is 1.82. The molecule has 9 heteroatoms. The van der Waals surface area contributed by atoms with E-state index in [1.807, 2.05) is 19.6 Å². The van der Waals surface area contributed by atoms with Gasteiger partial charge < -0.3 is 15.4 Å². The lowest BCUT2D eigenvalue weighted by atomic mass is 9.93. The van der Waals surface area contributed by atoms with Crippen molar-refractivity contribution >= 4 is 24.9 Å². The van der Waals surface area contributed by atoms with Crippen molar-refractivity contribution in [2.24, 2.45) is 0 Å². The number of hydrogen-bond donors (Lipinski definition) is 2. The van der Waals surface area contributed by atoms with Crippen LogP contribution < -0.4 is 20.6 Å². The number of carbonyl (C=O) groups is 1. The molecule has 0 aliphatic carbocycles. The van der Waals surface area contributed by atoms with Gasteiger partial charge in [0.25, 0.3) is 0 Å². The second kappa shape index (κ2) is 8.15. The minimum atomic E-state index is -2.93. The van der Waals surface area contributed by atoms with Crippen LogP contribution in [0.1, 0.15) is 17.2 Å². The molecule has 1 amide bonds. The lowest BCUT2D eigenvalue weighted by Crippen LogP contribution is -2.42. The van der Waals surface area contributed by atoms with E-state index in [1.54, 1.807) is 6.07 Å². The molecule has 2 aromatic rings. The average molecular weight is 426 g/mol. The van der Waals surface area contributed by atoms with Crippen LogP contribution in [-0.4, -0.2) is 27.1 Å². The molecule has 1 aliphatic rings. The molecule has 0 aromatic heterocycles. The Kier molecular flexibility index (Phi) is 5.99. The van der Waals surface area contributed by atoms with E-state index in [2.05, 4.69) is 15.4 Å². The average Bonchev–Trinajstić information content (AvgIpc) is 2.58. The Morgan fingerprint density at radius 3 is 2.41 bits per heavy atom. The topological polar surface area (TPSA) is 50.4 Å². The molecule has 0 spiro atoms. The molecule has 0 radical (unpaired) electrons. The van der Waals surface area contributed by atoms with Crippen LogP contribution in [0.25, 0.3) is 0 Å². The smallest absolute Gasteiger partial charge is 0.387 e. The predicted octanol–water partition coefficient (Wildman–Crippen LogP) is 3.94. The maximum Gasteiger partial charge on any atom is 0.387 e. The number of carbonyl (C=O) groups excluding carboxylic acids is 1. The number of amides is 1. The highest BCUT2D eigenvalue weighted by molar-refractivity contribution is 6.88. The lowest BCUT2D eigenvalue weighted by Gasteiger charge is -2.27. The Hall–Kier alpha value is -2.39. The number of benzene rings is 2. The van der Waals surface area contributed by atoms with E-state index in [0.29, 0.717) is 24.1 Å². The number of halogens is 4. The minimum absolute atomic E-state index is 0.0193. The van der Waals surface area contributed by atoms with Crippen LogP contribution in [0.5, 0.6) is 5.75 Å². The summed E-state index contributed by atoms with van der Waals surface area (Å²) in [6.45, 7) is 3.02. The number of alkyl halides is 2. The van der Waals surface area contributed by atoms with E-state index in [9.17, 15) is 22.4 Å². The van der Waals surface area contributed by atoms with Gasteiger partial charge in [0.15, 0.2) is 0 Å². The van der Waals surface area contributed by atoms with Crippen molar-refractivity contribution in [1.82, 2.24) is 5.32 Å². The van der Waals surface area contributed by atoms with Crippen LogP contribution in [-0.2, 0) is 11.2 Å². The number of anilines is 1. The van der Waals surface area contributed by atoms with E-state index in [4.69, 9.17) is 0 Å². The van der Waals surface area contributed by atoms with E-state index in [0.717, 1.165) is 12.1 Å². The van der Waals surface area contributed by atoms with Crippen molar-refractivity contribution in [2.75, 3.05) is 11.9 Å². The normalized spacial score (nSPS) is 16.5. The zero-order valence-corrected chi connectivity index (χ0v) is 17.3. The summed E-state index contributed by atoms with van der Waals surface area (Å²) in [6.07, 6.45) is 0.535. The molecule has 4 nitrogen and oxygen atoms in total. The Morgan fingerprint density at radius 1 is 1.17 bits per heavy atom. The molecule has 2 N–H and O–H groups in total. The molecule has 29 heavy (non-hydrogen) atoms. The minimum Gasteiger partial charge on any atom is -0.435 e. The second-order valence-electron chi connectivity index (χ2n) is 7.93. The third-order valence-electron chi connectivity index (χ3n) is 4.72. The van der Waals surface area contributed by atoms with Crippen LogP contribution >= 0.6 is 0 Å². The van der Waals surface area contributed by atoms with Crippen molar-refractivity contribution in [3.05, 3.63) is 53.1 Å². The van der Waals surface area contributed by atoms with Gasteiger partial charge in [-0.2, -0.15) is 8.78 Å². The molecule has 2 aromatic carbocycles. The zero-order valence-electron chi connectivity index (χ0n) is 16.3. The zero-order chi connectivity index (χ0) is 21.3. The summed E-state index contributed by atoms with van der Waals surface area (Å²) < 4.78 is 58.1. The summed E-state index contributed by atoms with van der Waals surface area (Å²) in [6, 6.07) is 5.85. The quantitative estimate of drug-likeness (QED) is 0.563. The molecule has 1 atom stereocenters. The summed E-state index contributed by atoms with van der Waals surface area (Å²) in [5.74, 6) is -1.82. The van der Waals surface area contributed by atoms with Crippen molar-refractivity contribution < 1.29 is 27.1 Å². The predicted molar refractivity (Wildman–Crippen MR) is 105 cm³/mol. The van der Waals surface area contributed by atoms with Crippen molar-refractivity contribution in [3.8, 4) is 5.75 Å². The Bertz CT molecular complexity index is 908. The summed E-state index contributed by atoms with van der Waals surface area (Å²) >= 11 is 0. The third-order valence-corrected chi connectivity index (χ3v) is 6.69. The maximum atomic E-state index is 14.4. The molecule has 1 heterocycles. The van der Waals surface area contributed by atoms with Gasteiger partial charge in [-0.25, -0.2) is 8.78 Å². The molecule has 0 fully saturated rings. The van der Waals surface area contributed by atoms with Gasteiger partial charge >= 0.3 is 6.61 Å². The number of nitrogens with one attached hydrogen (secondary N) is 2. The van der Waals surface area contributed by atoms with Crippen LogP contribution in [0.2, 0.25) is 19.6 Å².